The fraction of sp³-hybridized carbons (Fsp3) is 0.952. The van der Waals surface area contributed by atoms with Crippen molar-refractivity contribution in [2.45, 2.75) is 143 Å². The predicted octanol–water partition coefficient (Wildman–Crippen LogP) is 3.57. The summed E-state index contributed by atoms with van der Waals surface area (Å²) in [5.74, 6) is -0.863. The van der Waals surface area contributed by atoms with Gasteiger partial charge in [-0.15, -0.1) is 0 Å². The molecular formula is C42H74N4O6. The molecule has 0 aromatic heterocycles. The van der Waals surface area contributed by atoms with Crippen molar-refractivity contribution in [3.8, 4) is 0 Å². The maximum Gasteiger partial charge on any atom is 0.0990 e. The molecule has 10 nitrogen and oxygen atoms in total. The molecule has 0 spiro atoms. The Morgan fingerprint density at radius 2 is 0.865 bits per heavy atom. The predicted molar refractivity (Wildman–Crippen MR) is 206 cm³/mol. The third-order valence-electron chi connectivity index (χ3n) is 15.5. The summed E-state index contributed by atoms with van der Waals surface area (Å²) < 4.78 is 0. The number of hydrogen-bond acceptors (Lipinski definition) is 10. The number of aliphatic hydroxyl groups is 6. The van der Waals surface area contributed by atoms with Crippen molar-refractivity contribution in [1.29, 1.82) is 0 Å². The van der Waals surface area contributed by atoms with Crippen molar-refractivity contribution in [2.75, 3.05) is 13.1 Å². The van der Waals surface area contributed by atoms with Crippen molar-refractivity contribution in [3.05, 3.63) is 0 Å². The summed E-state index contributed by atoms with van der Waals surface area (Å²) in [6, 6.07) is 0. The summed E-state index contributed by atoms with van der Waals surface area (Å²) in [6.45, 7) is 19.1. The second-order valence-electron chi connectivity index (χ2n) is 19.6. The van der Waals surface area contributed by atoms with Crippen LogP contribution in [-0.2, 0) is 0 Å². The van der Waals surface area contributed by atoms with Crippen LogP contribution in [0.4, 0.5) is 0 Å². The molecule has 4 aliphatic carbocycles. The normalized spacial score (nSPS) is 53.4. The van der Waals surface area contributed by atoms with E-state index in [9.17, 15) is 30.6 Å². The lowest BCUT2D eigenvalue weighted by Gasteiger charge is -2.61. The van der Waals surface area contributed by atoms with Crippen LogP contribution < -0.4 is 10.6 Å². The molecule has 6 aliphatic rings. The Kier molecular flexibility index (Phi) is 13.0. The van der Waals surface area contributed by atoms with Gasteiger partial charge < -0.3 is 30.6 Å². The molecule has 8 N–H and O–H groups in total. The van der Waals surface area contributed by atoms with Crippen molar-refractivity contribution >= 4 is 12.4 Å². The van der Waals surface area contributed by atoms with E-state index in [0.717, 1.165) is 51.6 Å². The average Bonchev–Trinajstić information content (AvgIpc) is 3.08. The van der Waals surface area contributed by atoms with Crippen molar-refractivity contribution in [2.24, 2.45) is 105 Å². The highest BCUT2D eigenvalue weighted by atomic mass is 16.3. The zero-order chi connectivity index (χ0) is 37.8. The summed E-state index contributed by atoms with van der Waals surface area (Å²) >= 11 is 0. The van der Waals surface area contributed by atoms with Gasteiger partial charge in [0, 0.05) is 24.3 Å². The first kappa shape index (κ1) is 40.7. The summed E-state index contributed by atoms with van der Waals surface area (Å²) in [4.78, 5) is 9.87. The number of hydrogen-bond donors (Lipinski definition) is 8. The van der Waals surface area contributed by atoms with Gasteiger partial charge in [-0.2, -0.15) is 0 Å². The Labute approximate surface area is 313 Å². The number of piperidine rings is 2. The molecule has 0 amide bonds. The van der Waals surface area contributed by atoms with Crippen molar-refractivity contribution in [3.63, 3.8) is 0 Å². The molecule has 22 unspecified atom stereocenters. The SMILES string of the molecule is CC1CCC(N=CC2C(O)C(O)C(C(C)C)C3CC(C)C(C4C(C)CC5C(C(C)C)C(O)C(O)C(C=NC6CCC(C)CN6)C5C4O)C(O)C23)NC1. The van der Waals surface area contributed by atoms with E-state index in [1.165, 1.54) is 0 Å². The minimum atomic E-state index is -1.04. The third-order valence-corrected chi connectivity index (χ3v) is 15.5. The maximum atomic E-state index is 12.8. The van der Waals surface area contributed by atoms with Crippen LogP contribution in [0, 0.1) is 94.7 Å². The Bertz CT molecular complexity index is 1130. The Morgan fingerprint density at radius 1 is 0.500 bits per heavy atom. The van der Waals surface area contributed by atoms with Crippen LogP contribution in [0.1, 0.15) is 93.9 Å². The number of aliphatic hydroxyl groups excluding tert-OH is 6. The van der Waals surface area contributed by atoms with Gasteiger partial charge in [0.05, 0.1) is 49.0 Å². The lowest BCUT2D eigenvalue weighted by molar-refractivity contribution is -0.217. The zero-order valence-electron chi connectivity index (χ0n) is 33.2. The van der Waals surface area contributed by atoms with E-state index in [0.29, 0.717) is 11.8 Å². The summed E-state index contributed by atoms with van der Waals surface area (Å²) in [7, 11) is 0. The van der Waals surface area contributed by atoms with Crippen LogP contribution in [-0.4, -0.2) is 105 Å². The van der Waals surface area contributed by atoms with Crippen LogP contribution in [0.25, 0.3) is 0 Å². The second-order valence-corrected chi connectivity index (χ2v) is 19.6. The van der Waals surface area contributed by atoms with E-state index in [4.69, 9.17) is 9.98 Å². The van der Waals surface area contributed by atoms with E-state index in [1.54, 1.807) is 0 Å². The smallest absolute Gasteiger partial charge is 0.0990 e. The van der Waals surface area contributed by atoms with Crippen molar-refractivity contribution < 1.29 is 30.6 Å². The van der Waals surface area contributed by atoms with Crippen LogP contribution >= 0.6 is 0 Å². The van der Waals surface area contributed by atoms with Crippen LogP contribution in [0.2, 0.25) is 0 Å². The molecule has 0 radical (unpaired) electrons. The Morgan fingerprint density at radius 3 is 1.17 bits per heavy atom. The molecule has 4 saturated carbocycles. The summed E-state index contributed by atoms with van der Waals surface area (Å²) in [5.41, 5.74) is 0. The molecule has 2 heterocycles. The lowest BCUT2D eigenvalue weighted by atomic mass is 9.46. The van der Waals surface area contributed by atoms with E-state index < -0.39 is 48.5 Å². The number of nitrogens with one attached hydrogen (secondary N) is 2. The first-order valence-corrected chi connectivity index (χ1v) is 21.2. The average molecular weight is 731 g/mol. The van der Waals surface area contributed by atoms with Gasteiger partial charge in [0.25, 0.3) is 0 Å². The monoisotopic (exact) mass is 731 g/mol. The molecule has 0 aromatic carbocycles. The number of rotatable bonds is 7. The zero-order valence-corrected chi connectivity index (χ0v) is 33.2. The van der Waals surface area contributed by atoms with Gasteiger partial charge in [-0.1, -0.05) is 55.4 Å². The highest BCUT2D eigenvalue weighted by molar-refractivity contribution is 5.64. The van der Waals surface area contributed by atoms with Gasteiger partial charge in [-0.05, 0) is 134 Å². The molecule has 22 atom stereocenters. The fourth-order valence-electron chi connectivity index (χ4n) is 12.9. The molecule has 10 heteroatoms. The number of nitrogens with zero attached hydrogens (tertiary/aromatic N) is 2. The molecule has 2 saturated heterocycles. The molecule has 2 aliphatic heterocycles. The number of aliphatic imine (C=N–C) groups is 2. The third kappa shape index (κ3) is 7.72. The Hall–Kier alpha value is -0.980. The van der Waals surface area contributed by atoms with Gasteiger partial charge in [-0.3, -0.25) is 20.6 Å². The molecular weight excluding hydrogens is 656 g/mol. The maximum absolute atomic E-state index is 12.8. The highest BCUT2D eigenvalue weighted by Crippen LogP contribution is 2.59. The number of fused-ring (bicyclic) bond motifs is 2. The largest absolute Gasteiger partial charge is 0.392 e. The molecule has 52 heavy (non-hydrogen) atoms. The summed E-state index contributed by atoms with van der Waals surface area (Å²) in [6.07, 6.45) is 3.68. The lowest BCUT2D eigenvalue weighted by Crippen LogP contribution is -2.66. The quantitative estimate of drug-likeness (QED) is 0.184. The molecule has 298 valence electrons. The Balaban J connectivity index is 1.33. The molecule has 6 fully saturated rings. The van der Waals surface area contributed by atoms with E-state index in [-0.39, 0.29) is 83.3 Å². The molecule has 0 bridgehead atoms. The van der Waals surface area contributed by atoms with Gasteiger partial charge in [-0.25, -0.2) is 0 Å². The minimum absolute atomic E-state index is 0.00166. The van der Waals surface area contributed by atoms with Crippen LogP contribution in [0.5, 0.6) is 0 Å². The summed E-state index contributed by atoms with van der Waals surface area (Å²) in [5, 5.41) is 79.2. The van der Waals surface area contributed by atoms with Crippen molar-refractivity contribution in [1.82, 2.24) is 10.6 Å². The van der Waals surface area contributed by atoms with Gasteiger partial charge in [0.1, 0.15) is 0 Å². The van der Waals surface area contributed by atoms with Crippen LogP contribution in [0.15, 0.2) is 9.98 Å². The standard InChI is InChI=1S/C42H74N4O6/c1-19(2)31-25-13-23(7)33(39(49)35(25)27(37(47)41(31)51)17-45-29-11-9-21(5)15-43-29)34-24(8)14-26-32(20(3)4)42(52)38(48)28(36(26)40(34)50)18-46-30-12-10-22(6)16-44-30/h17-44,47-52H,9-16H2,1-8H3. The van der Waals surface area contributed by atoms with E-state index in [1.807, 2.05) is 12.4 Å². The van der Waals surface area contributed by atoms with E-state index in [2.05, 4.69) is 66.0 Å². The topological polar surface area (TPSA) is 170 Å². The fourth-order valence-corrected chi connectivity index (χ4v) is 12.9. The highest BCUT2D eigenvalue weighted by Gasteiger charge is 2.62. The van der Waals surface area contributed by atoms with Gasteiger partial charge >= 0.3 is 0 Å². The molecule has 0 aromatic rings. The van der Waals surface area contributed by atoms with Crippen LogP contribution in [0.3, 0.4) is 0 Å². The second kappa shape index (κ2) is 16.6. The molecule has 6 rings (SSSR count). The first-order chi connectivity index (χ1) is 24.6. The van der Waals surface area contributed by atoms with E-state index >= 15 is 0 Å². The van der Waals surface area contributed by atoms with Gasteiger partial charge in [0.2, 0.25) is 0 Å². The minimum Gasteiger partial charge on any atom is -0.392 e. The van der Waals surface area contributed by atoms with Gasteiger partial charge in [0.15, 0.2) is 0 Å². The first-order valence-electron chi connectivity index (χ1n) is 21.2.